The Kier molecular flexibility index (Phi) is 6.52. The van der Waals surface area contributed by atoms with Crippen LogP contribution in [-0.4, -0.2) is 18.1 Å². The van der Waals surface area contributed by atoms with E-state index in [0.717, 1.165) is 29.5 Å². The van der Waals surface area contributed by atoms with Crippen LogP contribution in [0.4, 0.5) is 4.39 Å². The Labute approximate surface area is 163 Å². The van der Waals surface area contributed by atoms with E-state index in [1.807, 2.05) is 36.5 Å². The van der Waals surface area contributed by atoms with E-state index in [2.05, 4.69) is 9.72 Å². The van der Waals surface area contributed by atoms with Crippen LogP contribution in [0.25, 0.3) is 6.08 Å². The summed E-state index contributed by atoms with van der Waals surface area (Å²) in [6.07, 6.45) is 8.27. The second-order valence-electron chi connectivity index (χ2n) is 6.15. The minimum Gasteiger partial charge on any atom is -0.466 e. The van der Waals surface area contributed by atoms with Gasteiger partial charge < -0.3 is 9.47 Å². The molecule has 3 aromatic rings. The summed E-state index contributed by atoms with van der Waals surface area (Å²) < 4.78 is 23.6. The van der Waals surface area contributed by atoms with E-state index in [4.69, 9.17) is 4.74 Å². The van der Waals surface area contributed by atoms with Crippen LogP contribution in [0.2, 0.25) is 0 Å². The molecule has 0 saturated carbocycles. The van der Waals surface area contributed by atoms with Crippen LogP contribution >= 0.6 is 0 Å². The zero-order chi connectivity index (χ0) is 19.8. The normalized spacial score (nSPS) is 10.8. The lowest BCUT2D eigenvalue weighted by Gasteiger charge is -2.11. The molecule has 0 spiro atoms. The molecule has 0 atom stereocenters. The molecular weight excluding hydrogens is 357 g/mol. The molecule has 0 radical (unpaired) electrons. The molecule has 0 aliphatic carbocycles. The molecule has 3 rings (SSSR count). The number of esters is 1. The minimum absolute atomic E-state index is 0.330. The van der Waals surface area contributed by atoms with Gasteiger partial charge in [-0.2, -0.15) is 0 Å². The highest BCUT2D eigenvalue weighted by Gasteiger charge is 2.07. The van der Waals surface area contributed by atoms with Crippen molar-refractivity contribution in [3.63, 3.8) is 0 Å². The maximum Gasteiger partial charge on any atom is 0.330 e. The number of nitrogens with zero attached hydrogens (tertiary/aromatic N) is 1. The van der Waals surface area contributed by atoms with Crippen LogP contribution in [0, 0.1) is 5.82 Å². The Hall–Kier alpha value is -3.47. The van der Waals surface area contributed by atoms with Gasteiger partial charge in [0.15, 0.2) is 0 Å². The number of carbonyl (C=O) groups excluding carboxylic acids is 1. The molecule has 142 valence electrons. The number of benzene rings is 2. The third kappa shape index (κ3) is 5.51. The van der Waals surface area contributed by atoms with Crippen molar-refractivity contribution in [2.45, 2.75) is 12.8 Å². The van der Waals surface area contributed by atoms with Crippen LogP contribution in [0.5, 0.6) is 11.5 Å². The van der Waals surface area contributed by atoms with Gasteiger partial charge in [0, 0.05) is 24.0 Å². The van der Waals surface area contributed by atoms with Crippen LogP contribution < -0.4 is 4.74 Å². The first-order valence-corrected chi connectivity index (χ1v) is 8.85. The molecule has 1 heterocycles. The summed E-state index contributed by atoms with van der Waals surface area (Å²) in [4.78, 5) is 15.6. The molecule has 1 aromatic heterocycles. The van der Waals surface area contributed by atoms with Crippen molar-refractivity contribution >= 4 is 12.0 Å². The molecule has 0 aliphatic heterocycles. The average molecular weight is 377 g/mol. The summed E-state index contributed by atoms with van der Waals surface area (Å²) in [6, 6.07) is 15.5. The predicted molar refractivity (Wildman–Crippen MR) is 106 cm³/mol. The van der Waals surface area contributed by atoms with E-state index < -0.39 is 5.97 Å². The molecule has 0 N–H and O–H groups in total. The summed E-state index contributed by atoms with van der Waals surface area (Å²) in [5.41, 5.74) is 2.99. The van der Waals surface area contributed by atoms with Gasteiger partial charge in [-0.15, -0.1) is 0 Å². The number of carbonyl (C=O) groups is 1. The largest absolute Gasteiger partial charge is 0.466 e. The predicted octanol–water partition coefficient (Wildman–Crippen LogP) is 4.98. The molecule has 0 saturated heterocycles. The Morgan fingerprint density at radius 3 is 2.57 bits per heavy atom. The maximum atomic E-state index is 13.1. The van der Waals surface area contributed by atoms with E-state index in [0.29, 0.717) is 11.5 Å². The van der Waals surface area contributed by atoms with Crippen molar-refractivity contribution in [1.29, 1.82) is 0 Å². The first-order chi connectivity index (χ1) is 13.6. The first kappa shape index (κ1) is 19.3. The highest BCUT2D eigenvalue weighted by atomic mass is 19.1. The van der Waals surface area contributed by atoms with Crippen molar-refractivity contribution in [3.05, 3.63) is 95.6 Å². The van der Waals surface area contributed by atoms with Gasteiger partial charge in [0.2, 0.25) is 0 Å². The van der Waals surface area contributed by atoms with Gasteiger partial charge in [-0.25, -0.2) is 9.18 Å². The number of hydrogen-bond donors (Lipinski definition) is 0. The monoisotopic (exact) mass is 377 g/mol. The van der Waals surface area contributed by atoms with Crippen LogP contribution in [0.1, 0.15) is 16.7 Å². The van der Waals surface area contributed by atoms with Crippen LogP contribution in [0.3, 0.4) is 0 Å². The van der Waals surface area contributed by atoms with E-state index in [1.165, 1.54) is 25.3 Å². The molecule has 28 heavy (non-hydrogen) atoms. The molecule has 0 bridgehead atoms. The van der Waals surface area contributed by atoms with Crippen molar-refractivity contribution in [1.82, 2.24) is 4.98 Å². The van der Waals surface area contributed by atoms with Gasteiger partial charge >= 0.3 is 5.97 Å². The summed E-state index contributed by atoms with van der Waals surface area (Å²) in [7, 11) is 1.33. The maximum absolute atomic E-state index is 13.1. The molecule has 0 amide bonds. The number of ether oxygens (including phenoxy) is 2. The fourth-order valence-electron chi connectivity index (χ4n) is 2.67. The molecule has 0 aliphatic rings. The minimum atomic E-state index is -0.450. The molecule has 0 unspecified atom stereocenters. The van der Waals surface area contributed by atoms with Gasteiger partial charge in [-0.1, -0.05) is 12.1 Å². The number of aromatic nitrogens is 1. The Morgan fingerprint density at radius 2 is 1.86 bits per heavy atom. The van der Waals surface area contributed by atoms with Gasteiger partial charge in [0.05, 0.1) is 7.11 Å². The van der Waals surface area contributed by atoms with Crippen LogP contribution in [0.15, 0.2) is 73.1 Å². The number of aryl methyl sites for hydroxylation is 2. The standard InChI is InChI=1S/C23H20FNO3/c1-27-23(26)13-7-19-15-17(4-5-18-3-2-14-25-16-18)6-12-22(19)28-21-10-8-20(24)9-11-21/h2-3,6-16H,4-5H2,1H3/b13-7+. The van der Waals surface area contributed by atoms with Crippen molar-refractivity contribution in [2.75, 3.05) is 7.11 Å². The van der Waals surface area contributed by atoms with Crippen molar-refractivity contribution in [3.8, 4) is 11.5 Å². The van der Waals surface area contributed by atoms with E-state index in [9.17, 15) is 9.18 Å². The Bertz CT molecular complexity index is 953. The van der Waals surface area contributed by atoms with Gasteiger partial charge in [0.1, 0.15) is 17.3 Å². The SMILES string of the molecule is COC(=O)/C=C/c1cc(CCc2cccnc2)ccc1Oc1ccc(F)cc1. The van der Waals surface area contributed by atoms with E-state index in [1.54, 1.807) is 24.4 Å². The zero-order valence-electron chi connectivity index (χ0n) is 15.5. The van der Waals surface area contributed by atoms with Gasteiger partial charge in [-0.3, -0.25) is 4.98 Å². The zero-order valence-corrected chi connectivity index (χ0v) is 15.5. The fourth-order valence-corrected chi connectivity index (χ4v) is 2.67. The second-order valence-corrected chi connectivity index (χ2v) is 6.15. The van der Waals surface area contributed by atoms with Crippen molar-refractivity contribution in [2.24, 2.45) is 0 Å². The second kappa shape index (κ2) is 9.46. The Balaban J connectivity index is 1.82. The number of halogens is 1. The van der Waals surface area contributed by atoms with Gasteiger partial charge in [-0.05, 0) is 72.5 Å². The lowest BCUT2D eigenvalue weighted by molar-refractivity contribution is -0.134. The van der Waals surface area contributed by atoms with Gasteiger partial charge in [0.25, 0.3) is 0 Å². The topological polar surface area (TPSA) is 48.4 Å². The molecule has 5 heteroatoms. The number of rotatable bonds is 7. The third-order valence-corrected chi connectivity index (χ3v) is 4.14. The first-order valence-electron chi connectivity index (χ1n) is 8.85. The highest BCUT2D eigenvalue weighted by Crippen LogP contribution is 2.28. The Morgan fingerprint density at radius 1 is 1.07 bits per heavy atom. The molecule has 0 fully saturated rings. The number of pyridine rings is 1. The third-order valence-electron chi connectivity index (χ3n) is 4.14. The molecular formula is C23H20FNO3. The highest BCUT2D eigenvalue weighted by molar-refractivity contribution is 5.87. The number of methoxy groups -OCH3 is 1. The lowest BCUT2D eigenvalue weighted by Crippen LogP contribution is -1.96. The summed E-state index contributed by atoms with van der Waals surface area (Å²) >= 11 is 0. The van der Waals surface area contributed by atoms with E-state index in [-0.39, 0.29) is 5.82 Å². The summed E-state index contributed by atoms with van der Waals surface area (Å²) in [5.74, 6) is 0.298. The smallest absolute Gasteiger partial charge is 0.330 e. The lowest BCUT2D eigenvalue weighted by atomic mass is 10.0. The van der Waals surface area contributed by atoms with E-state index >= 15 is 0 Å². The van der Waals surface area contributed by atoms with Crippen molar-refractivity contribution < 1.29 is 18.7 Å². The fraction of sp³-hybridized carbons (Fsp3) is 0.130. The molecule has 2 aromatic carbocycles. The average Bonchev–Trinajstić information content (AvgIpc) is 2.74. The van der Waals surface area contributed by atoms with Crippen LogP contribution in [-0.2, 0) is 22.4 Å². The summed E-state index contributed by atoms with van der Waals surface area (Å²) in [6.45, 7) is 0. The number of hydrogen-bond acceptors (Lipinski definition) is 4. The molecule has 4 nitrogen and oxygen atoms in total. The quantitative estimate of drug-likeness (QED) is 0.430. The summed E-state index contributed by atoms with van der Waals surface area (Å²) in [5, 5.41) is 0.